The van der Waals surface area contributed by atoms with E-state index in [4.69, 9.17) is 18.6 Å². The van der Waals surface area contributed by atoms with Crippen LogP contribution in [-0.2, 0) is 36.4 Å². The lowest BCUT2D eigenvalue weighted by molar-refractivity contribution is -0.146. The molecule has 0 spiro atoms. The molecule has 54 heavy (non-hydrogen) atoms. The first-order valence-electron chi connectivity index (χ1n) is 18.6. The van der Waals surface area contributed by atoms with Crippen LogP contribution < -0.4 is 10.4 Å². The van der Waals surface area contributed by atoms with E-state index in [-0.39, 0.29) is 43.3 Å². The average molecular weight is 760 g/mol. The molecule has 2 unspecified atom stereocenters. The van der Waals surface area contributed by atoms with E-state index < -0.39 is 55.4 Å². The number of aromatic nitrogens is 2. The smallest absolute Gasteiger partial charge is 0.435 e. The monoisotopic (exact) mass is 759 g/mol. The molecule has 0 fully saturated rings. The molecule has 0 N–H and O–H groups in total. The van der Waals surface area contributed by atoms with Crippen LogP contribution in [0.3, 0.4) is 0 Å². The van der Waals surface area contributed by atoms with Crippen molar-refractivity contribution in [3.8, 4) is 0 Å². The van der Waals surface area contributed by atoms with Crippen molar-refractivity contribution in [2.24, 2.45) is 5.92 Å². The van der Waals surface area contributed by atoms with Crippen molar-refractivity contribution >= 4 is 42.6 Å². The van der Waals surface area contributed by atoms with Crippen LogP contribution in [0.2, 0.25) is 5.04 Å². The Labute approximate surface area is 321 Å². The Kier molecular flexibility index (Phi) is 12.8. The average Bonchev–Trinajstić information content (AvgIpc) is 3.44. The Morgan fingerprint density at radius 2 is 1.37 bits per heavy atom. The Bertz CT molecular complexity index is 1800. The van der Waals surface area contributed by atoms with Crippen LogP contribution in [0.1, 0.15) is 104 Å². The van der Waals surface area contributed by atoms with Crippen molar-refractivity contribution in [2.45, 2.75) is 118 Å². The number of ketones is 1. The summed E-state index contributed by atoms with van der Waals surface area (Å²) in [4.78, 5) is 56.6. The third-order valence-corrected chi connectivity index (χ3v) is 14.1. The van der Waals surface area contributed by atoms with Crippen molar-refractivity contribution in [2.75, 3.05) is 13.2 Å². The number of carbonyl (C=O) groups is 4. The van der Waals surface area contributed by atoms with E-state index in [1.165, 1.54) is 4.90 Å². The summed E-state index contributed by atoms with van der Waals surface area (Å²) in [5.41, 5.74) is -0.440. The zero-order valence-electron chi connectivity index (χ0n) is 33.8. The van der Waals surface area contributed by atoms with Crippen LogP contribution in [0.5, 0.6) is 0 Å². The van der Waals surface area contributed by atoms with Crippen molar-refractivity contribution in [1.29, 1.82) is 0 Å². The molecule has 292 valence electrons. The topological polar surface area (TPSA) is 126 Å². The number of ether oxygens (including phenoxy) is 3. The molecule has 1 aliphatic heterocycles. The van der Waals surface area contributed by atoms with Gasteiger partial charge >= 0.3 is 18.2 Å². The minimum absolute atomic E-state index is 0.0437. The molecule has 0 aliphatic carbocycles. The highest BCUT2D eigenvalue weighted by atomic mass is 28.4. The highest BCUT2D eigenvalue weighted by molar-refractivity contribution is 6.99. The van der Waals surface area contributed by atoms with Gasteiger partial charge in [-0.05, 0) is 77.2 Å². The second-order valence-corrected chi connectivity index (χ2v) is 21.2. The number of fused-ring (bicyclic) bond motifs is 1. The SMILES string of the molecule is C=C(CO[Si](c1ccccc1)(c1ccccc1)C(C)(C)C)CC(C(=O)OCC)C(=O)c1nn(C(=O)OC(C)(C)C)c2c1CN(C(=O)OC(C)(C)C)C(C)C2. The van der Waals surface area contributed by atoms with Gasteiger partial charge in [-0.3, -0.25) is 9.59 Å². The molecule has 0 bridgehead atoms. The highest BCUT2D eigenvalue weighted by Gasteiger charge is 2.50. The molecule has 0 saturated carbocycles. The first kappa shape index (κ1) is 42.2. The second-order valence-electron chi connectivity index (χ2n) is 16.9. The number of nitrogens with zero attached hydrogens (tertiary/aromatic N) is 3. The Morgan fingerprint density at radius 3 is 1.85 bits per heavy atom. The lowest BCUT2D eigenvalue weighted by atomic mass is 9.90. The lowest BCUT2D eigenvalue weighted by Crippen LogP contribution is -2.66. The molecule has 12 heteroatoms. The van der Waals surface area contributed by atoms with Gasteiger partial charge in [-0.1, -0.05) is 93.6 Å². The van der Waals surface area contributed by atoms with E-state index in [0.717, 1.165) is 15.1 Å². The van der Waals surface area contributed by atoms with Gasteiger partial charge < -0.3 is 23.5 Å². The molecule has 1 aromatic heterocycles. The largest absolute Gasteiger partial charge is 0.465 e. The van der Waals surface area contributed by atoms with Gasteiger partial charge in [0.05, 0.1) is 25.5 Å². The van der Waals surface area contributed by atoms with E-state index in [9.17, 15) is 19.2 Å². The van der Waals surface area contributed by atoms with Crippen molar-refractivity contribution in [3.63, 3.8) is 0 Å². The van der Waals surface area contributed by atoms with E-state index in [0.29, 0.717) is 16.8 Å². The zero-order chi connectivity index (χ0) is 40.2. The molecule has 2 heterocycles. The number of carbonyl (C=O) groups excluding carboxylic acids is 4. The van der Waals surface area contributed by atoms with Crippen molar-refractivity contribution in [1.82, 2.24) is 14.7 Å². The number of amides is 1. The third kappa shape index (κ3) is 9.57. The fourth-order valence-corrected chi connectivity index (χ4v) is 11.4. The standard InChI is InChI=1S/C42H57N3O8Si/c1-13-50-37(47)32(24-28(2)27-51-54(42(10,11)12,30-20-16-14-17-21-30)31-22-18-15-19-23-31)36(46)35-33-26-44(38(48)52-40(4,5)6)29(3)25-34(33)45(43-35)39(49)53-41(7,8)9/h14-23,29,32H,2,13,24-27H2,1,3-12H3. The van der Waals surface area contributed by atoms with Gasteiger partial charge in [0.2, 0.25) is 0 Å². The summed E-state index contributed by atoms with van der Waals surface area (Å²) in [6.45, 7) is 24.9. The molecular weight excluding hydrogens is 703 g/mol. The molecular formula is C42H57N3O8Si. The predicted octanol–water partition coefficient (Wildman–Crippen LogP) is 7.23. The van der Waals surface area contributed by atoms with E-state index in [1.54, 1.807) is 48.5 Å². The zero-order valence-corrected chi connectivity index (χ0v) is 34.8. The normalized spacial score (nSPS) is 15.5. The van der Waals surface area contributed by atoms with Crippen molar-refractivity contribution in [3.05, 3.63) is 89.8 Å². The Morgan fingerprint density at radius 1 is 0.852 bits per heavy atom. The third-order valence-electron chi connectivity index (χ3n) is 9.16. The maximum atomic E-state index is 14.6. The molecule has 2 atom stereocenters. The lowest BCUT2D eigenvalue weighted by Gasteiger charge is -2.43. The van der Waals surface area contributed by atoms with Crippen LogP contribution in [0.15, 0.2) is 72.8 Å². The van der Waals surface area contributed by atoms with Gasteiger partial charge in [0, 0.05) is 18.0 Å². The predicted molar refractivity (Wildman–Crippen MR) is 211 cm³/mol. The van der Waals surface area contributed by atoms with Crippen LogP contribution in [0.4, 0.5) is 9.59 Å². The minimum Gasteiger partial charge on any atom is -0.465 e. The van der Waals surface area contributed by atoms with E-state index in [1.807, 2.05) is 43.3 Å². The summed E-state index contributed by atoms with van der Waals surface area (Å²) in [5.74, 6) is -2.75. The molecule has 3 aromatic rings. The van der Waals surface area contributed by atoms with Crippen molar-refractivity contribution < 1.29 is 37.8 Å². The summed E-state index contributed by atoms with van der Waals surface area (Å²) in [7, 11) is -2.97. The quantitative estimate of drug-likeness (QED) is 0.0497. The molecule has 0 saturated heterocycles. The van der Waals surface area contributed by atoms with Gasteiger partial charge in [0.25, 0.3) is 8.32 Å². The number of hydrogen-bond donors (Lipinski definition) is 0. The summed E-state index contributed by atoms with van der Waals surface area (Å²) in [6, 6.07) is 19.9. The van der Waals surface area contributed by atoms with Crippen LogP contribution in [0, 0.1) is 5.92 Å². The van der Waals surface area contributed by atoms with Crippen LogP contribution >= 0.6 is 0 Å². The van der Waals surface area contributed by atoms with Crippen LogP contribution in [0.25, 0.3) is 0 Å². The molecule has 11 nitrogen and oxygen atoms in total. The number of hydrogen-bond acceptors (Lipinski definition) is 9. The Hall–Kier alpha value is -4.55. The molecule has 1 amide bonds. The molecule has 1 aliphatic rings. The maximum Gasteiger partial charge on any atom is 0.435 e. The second kappa shape index (κ2) is 16.4. The van der Waals surface area contributed by atoms with Crippen LogP contribution in [-0.4, -0.2) is 77.4 Å². The van der Waals surface area contributed by atoms with Gasteiger partial charge in [-0.25, -0.2) is 9.59 Å². The molecule has 2 aromatic carbocycles. The van der Waals surface area contributed by atoms with Gasteiger partial charge in [-0.2, -0.15) is 9.78 Å². The number of Topliss-reactive ketones (excluding diaryl/α,β-unsaturated/α-hetero) is 1. The summed E-state index contributed by atoms with van der Waals surface area (Å²) < 4.78 is 24.9. The summed E-state index contributed by atoms with van der Waals surface area (Å²) in [6.07, 6.45) is -1.24. The summed E-state index contributed by atoms with van der Waals surface area (Å²) in [5, 5.41) is 6.35. The number of benzene rings is 2. The molecule has 0 radical (unpaired) electrons. The molecule has 4 rings (SSSR count). The van der Waals surface area contributed by atoms with Gasteiger partial charge in [0.15, 0.2) is 5.78 Å². The minimum atomic E-state index is -2.97. The number of esters is 1. The van der Waals surface area contributed by atoms with Gasteiger partial charge in [-0.15, -0.1) is 0 Å². The maximum absolute atomic E-state index is 14.6. The highest BCUT2D eigenvalue weighted by Crippen LogP contribution is 2.37. The number of rotatable bonds is 11. The van der Waals surface area contributed by atoms with E-state index in [2.05, 4.69) is 56.7 Å². The Balaban J connectivity index is 1.74. The van der Waals surface area contributed by atoms with E-state index >= 15 is 0 Å². The fourth-order valence-electron chi connectivity index (χ4n) is 6.81. The first-order valence-corrected chi connectivity index (χ1v) is 20.5. The fraction of sp³-hybridized carbons (Fsp3) is 0.500. The summed E-state index contributed by atoms with van der Waals surface area (Å²) >= 11 is 0. The first-order chi connectivity index (χ1) is 25.1. The van der Waals surface area contributed by atoms with Gasteiger partial charge in [0.1, 0.15) is 22.8 Å².